The van der Waals surface area contributed by atoms with E-state index in [0.29, 0.717) is 11.8 Å². The average Bonchev–Trinajstić information content (AvgIpc) is 2.96. The molecule has 0 bridgehead atoms. The third kappa shape index (κ3) is 1.78. The van der Waals surface area contributed by atoms with E-state index in [1.54, 1.807) is 6.20 Å². The van der Waals surface area contributed by atoms with E-state index in [1.165, 1.54) is 25.7 Å². The lowest BCUT2D eigenvalue weighted by molar-refractivity contribution is 0.511. The van der Waals surface area contributed by atoms with Gasteiger partial charge in [-0.1, -0.05) is 12.8 Å². The fourth-order valence-corrected chi connectivity index (χ4v) is 2.28. The van der Waals surface area contributed by atoms with Crippen LogP contribution >= 0.6 is 0 Å². The lowest BCUT2D eigenvalue weighted by Crippen LogP contribution is -2.26. The number of nitrogens with one attached hydrogen (secondary N) is 1. The van der Waals surface area contributed by atoms with E-state index in [4.69, 9.17) is 0 Å². The molecule has 3 rings (SSSR count). The Hall–Kier alpha value is -1.49. The first kappa shape index (κ1) is 9.72. The lowest BCUT2D eigenvalue weighted by Gasteiger charge is -2.09. The number of aromatic nitrogens is 4. The monoisotopic (exact) mass is 217 g/mol. The van der Waals surface area contributed by atoms with E-state index in [9.17, 15) is 0 Å². The molecule has 5 nitrogen and oxygen atoms in total. The van der Waals surface area contributed by atoms with Gasteiger partial charge in [-0.3, -0.25) is 4.40 Å². The molecule has 5 heteroatoms. The molecule has 1 aliphatic rings. The molecule has 0 atom stereocenters. The summed E-state index contributed by atoms with van der Waals surface area (Å²) in [4.78, 5) is 4.14. The Labute approximate surface area is 93.9 Å². The highest BCUT2D eigenvalue weighted by atomic mass is 15.3. The first-order valence-corrected chi connectivity index (χ1v) is 5.81. The van der Waals surface area contributed by atoms with Crippen molar-refractivity contribution in [3.63, 3.8) is 0 Å². The normalized spacial score (nSPS) is 17.2. The highest BCUT2D eigenvalue weighted by Gasteiger charge is 2.15. The van der Waals surface area contributed by atoms with Gasteiger partial charge in [-0.05, 0) is 18.9 Å². The molecule has 2 aromatic rings. The predicted molar refractivity (Wildman–Crippen MR) is 59.9 cm³/mol. The van der Waals surface area contributed by atoms with E-state index in [2.05, 4.69) is 20.5 Å². The van der Waals surface area contributed by atoms with Crippen LogP contribution in [0.25, 0.3) is 5.78 Å². The summed E-state index contributed by atoms with van der Waals surface area (Å²) in [7, 11) is 0. The van der Waals surface area contributed by atoms with Crippen molar-refractivity contribution >= 4 is 5.78 Å². The number of fused-ring (bicyclic) bond motifs is 1. The van der Waals surface area contributed by atoms with E-state index >= 15 is 0 Å². The Morgan fingerprint density at radius 2 is 2.19 bits per heavy atom. The number of hydrogen-bond acceptors (Lipinski definition) is 4. The van der Waals surface area contributed by atoms with Gasteiger partial charge in [-0.15, -0.1) is 10.2 Å². The van der Waals surface area contributed by atoms with Crippen molar-refractivity contribution in [3.05, 3.63) is 24.3 Å². The zero-order valence-corrected chi connectivity index (χ0v) is 9.13. The first-order chi connectivity index (χ1) is 7.93. The van der Waals surface area contributed by atoms with E-state index in [-0.39, 0.29) is 0 Å². The molecule has 0 aliphatic heterocycles. The highest BCUT2D eigenvalue weighted by molar-refractivity contribution is 5.25. The van der Waals surface area contributed by atoms with Gasteiger partial charge in [0.1, 0.15) is 0 Å². The fourth-order valence-electron chi connectivity index (χ4n) is 2.28. The van der Waals surface area contributed by atoms with Gasteiger partial charge in [0, 0.05) is 18.4 Å². The van der Waals surface area contributed by atoms with Crippen LogP contribution in [0.1, 0.15) is 31.5 Å². The first-order valence-electron chi connectivity index (χ1n) is 5.81. The topological polar surface area (TPSA) is 55.1 Å². The van der Waals surface area contributed by atoms with Crippen molar-refractivity contribution < 1.29 is 0 Å². The van der Waals surface area contributed by atoms with Gasteiger partial charge in [0.15, 0.2) is 5.82 Å². The maximum absolute atomic E-state index is 4.14. The van der Waals surface area contributed by atoms with E-state index in [0.717, 1.165) is 12.4 Å². The molecule has 1 fully saturated rings. The Balaban J connectivity index is 1.73. The number of nitrogens with zero attached hydrogens (tertiary/aromatic N) is 4. The smallest absolute Gasteiger partial charge is 0.254 e. The molecular formula is C11H15N5. The minimum Gasteiger partial charge on any atom is -0.307 e. The summed E-state index contributed by atoms with van der Waals surface area (Å²) in [5, 5.41) is 11.7. The van der Waals surface area contributed by atoms with Gasteiger partial charge in [0.2, 0.25) is 0 Å². The minimum absolute atomic E-state index is 0.657. The van der Waals surface area contributed by atoms with Crippen molar-refractivity contribution in [1.82, 2.24) is 24.9 Å². The third-order valence-electron chi connectivity index (χ3n) is 3.16. The summed E-state index contributed by atoms with van der Waals surface area (Å²) in [6.07, 6.45) is 8.95. The molecule has 0 unspecified atom stereocenters. The van der Waals surface area contributed by atoms with Crippen molar-refractivity contribution in [2.75, 3.05) is 0 Å². The zero-order valence-electron chi connectivity index (χ0n) is 9.13. The summed E-state index contributed by atoms with van der Waals surface area (Å²) >= 11 is 0. The Kier molecular flexibility index (Phi) is 2.53. The minimum atomic E-state index is 0.657. The Bertz CT molecular complexity index is 472. The largest absolute Gasteiger partial charge is 0.307 e. The lowest BCUT2D eigenvalue weighted by atomic mass is 10.2. The van der Waals surface area contributed by atoms with Crippen molar-refractivity contribution in [2.45, 2.75) is 38.3 Å². The van der Waals surface area contributed by atoms with Gasteiger partial charge in [-0.2, -0.15) is 0 Å². The summed E-state index contributed by atoms with van der Waals surface area (Å²) in [6, 6.07) is 2.55. The second-order valence-electron chi connectivity index (χ2n) is 4.27. The molecule has 0 saturated heterocycles. The predicted octanol–water partition coefficient (Wildman–Crippen LogP) is 1.16. The second-order valence-corrected chi connectivity index (χ2v) is 4.27. The number of rotatable bonds is 3. The SMILES string of the molecule is c1cnc2nnc(CNC3CCCC3)n2c1. The van der Waals surface area contributed by atoms with Crippen molar-refractivity contribution in [2.24, 2.45) is 0 Å². The molecule has 0 amide bonds. The van der Waals surface area contributed by atoms with Gasteiger partial charge in [0.05, 0.1) is 6.54 Å². The molecule has 2 aromatic heterocycles. The molecule has 0 radical (unpaired) electrons. The molecule has 16 heavy (non-hydrogen) atoms. The van der Waals surface area contributed by atoms with Crippen LogP contribution < -0.4 is 5.32 Å². The van der Waals surface area contributed by atoms with Gasteiger partial charge < -0.3 is 5.32 Å². The van der Waals surface area contributed by atoms with Gasteiger partial charge in [-0.25, -0.2) is 4.98 Å². The zero-order chi connectivity index (χ0) is 10.8. The van der Waals surface area contributed by atoms with E-state index in [1.807, 2.05) is 16.7 Å². The third-order valence-corrected chi connectivity index (χ3v) is 3.16. The summed E-state index contributed by atoms with van der Waals surface area (Å²) < 4.78 is 1.93. The summed E-state index contributed by atoms with van der Waals surface area (Å²) in [6.45, 7) is 0.775. The molecule has 0 spiro atoms. The van der Waals surface area contributed by atoms with Gasteiger partial charge >= 0.3 is 0 Å². The Morgan fingerprint density at radius 1 is 1.31 bits per heavy atom. The number of hydrogen-bond donors (Lipinski definition) is 1. The van der Waals surface area contributed by atoms with Crippen LogP contribution in [0.5, 0.6) is 0 Å². The molecular weight excluding hydrogens is 202 g/mol. The molecule has 1 N–H and O–H groups in total. The van der Waals surface area contributed by atoms with Crippen LogP contribution in [0.4, 0.5) is 0 Å². The molecule has 2 heterocycles. The average molecular weight is 217 g/mol. The fraction of sp³-hybridized carbons (Fsp3) is 0.545. The Morgan fingerprint density at radius 3 is 3.06 bits per heavy atom. The maximum Gasteiger partial charge on any atom is 0.254 e. The van der Waals surface area contributed by atoms with Crippen LogP contribution in [0.15, 0.2) is 18.5 Å². The quantitative estimate of drug-likeness (QED) is 0.838. The van der Waals surface area contributed by atoms with Crippen LogP contribution in [-0.2, 0) is 6.54 Å². The molecule has 1 aliphatic carbocycles. The van der Waals surface area contributed by atoms with Crippen molar-refractivity contribution in [1.29, 1.82) is 0 Å². The maximum atomic E-state index is 4.14. The van der Waals surface area contributed by atoms with Gasteiger partial charge in [0.25, 0.3) is 5.78 Å². The van der Waals surface area contributed by atoms with Crippen LogP contribution in [0.3, 0.4) is 0 Å². The van der Waals surface area contributed by atoms with Crippen molar-refractivity contribution in [3.8, 4) is 0 Å². The van der Waals surface area contributed by atoms with Crippen LogP contribution in [0, 0.1) is 0 Å². The summed E-state index contributed by atoms with van der Waals surface area (Å²) in [5.74, 6) is 1.61. The molecule has 84 valence electrons. The highest BCUT2D eigenvalue weighted by Crippen LogP contribution is 2.17. The van der Waals surface area contributed by atoms with Crippen LogP contribution in [0.2, 0.25) is 0 Å². The standard InChI is InChI=1S/C11H15N5/c1-2-5-9(4-1)13-8-10-14-15-11-12-6-3-7-16(10)11/h3,6-7,9,13H,1-2,4-5,8H2. The summed E-state index contributed by atoms with van der Waals surface area (Å²) in [5.41, 5.74) is 0. The second kappa shape index (κ2) is 4.17. The molecule has 0 aromatic carbocycles. The van der Waals surface area contributed by atoms with E-state index < -0.39 is 0 Å². The molecule has 1 saturated carbocycles. The van der Waals surface area contributed by atoms with Crippen LogP contribution in [-0.4, -0.2) is 25.6 Å².